The van der Waals surface area contributed by atoms with Crippen LogP contribution in [0.25, 0.3) is 0 Å². The van der Waals surface area contributed by atoms with Crippen LogP contribution in [0.15, 0.2) is 104 Å². The molecule has 4 nitrogen and oxygen atoms in total. The van der Waals surface area contributed by atoms with Crippen molar-refractivity contribution >= 4 is 11.8 Å². The lowest BCUT2D eigenvalue weighted by molar-refractivity contribution is -0.129. The van der Waals surface area contributed by atoms with Crippen LogP contribution in [-0.2, 0) is 15.0 Å². The Labute approximate surface area is 171 Å². The molecule has 0 fully saturated rings. The zero-order valence-corrected chi connectivity index (χ0v) is 16.1. The van der Waals surface area contributed by atoms with Gasteiger partial charge in [-0.2, -0.15) is 0 Å². The number of nitrogens with two attached hydrogens (primary N) is 1. The van der Waals surface area contributed by atoms with Crippen molar-refractivity contribution in [1.82, 2.24) is 5.32 Å². The number of rotatable bonds is 8. The van der Waals surface area contributed by atoms with Crippen molar-refractivity contribution in [3.05, 3.63) is 120 Å². The summed E-state index contributed by atoms with van der Waals surface area (Å²) in [7, 11) is 0. The second-order valence-electron chi connectivity index (χ2n) is 6.80. The van der Waals surface area contributed by atoms with Gasteiger partial charge >= 0.3 is 0 Å². The molecule has 0 spiro atoms. The molecule has 3 N–H and O–H groups in total. The Morgan fingerprint density at radius 1 is 0.828 bits per heavy atom. The average Bonchev–Trinajstić information content (AvgIpc) is 2.76. The molecule has 0 saturated heterocycles. The van der Waals surface area contributed by atoms with Crippen LogP contribution in [0, 0.1) is 0 Å². The molecule has 3 aromatic rings. The topological polar surface area (TPSA) is 72.2 Å². The first-order chi connectivity index (χ1) is 14.1. The van der Waals surface area contributed by atoms with E-state index in [4.69, 9.17) is 5.73 Å². The Hall–Kier alpha value is -3.66. The van der Waals surface area contributed by atoms with Crippen molar-refractivity contribution in [3.63, 3.8) is 0 Å². The van der Waals surface area contributed by atoms with Crippen LogP contribution < -0.4 is 11.1 Å². The van der Waals surface area contributed by atoms with Crippen molar-refractivity contribution in [2.24, 2.45) is 5.73 Å². The van der Waals surface area contributed by atoms with Gasteiger partial charge in [0.25, 0.3) is 0 Å². The van der Waals surface area contributed by atoms with Gasteiger partial charge in [-0.15, -0.1) is 6.58 Å². The van der Waals surface area contributed by atoms with Crippen molar-refractivity contribution in [3.8, 4) is 0 Å². The normalized spacial score (nSPS) is 12.0. The first-order valence-electron chi connectivity index (χ1n) is 9.48. The van der Waals surface area contributed by atoms with Gasteiger partial charge in [0, 0.05) is 0 Å². The van der Waals surface area contributed by atoms with Crippen molar-refractivity contribution in [1.29, 1.82) is 0 Å². The summed E-state index contributed by atoms with van der Waals surface area (Å²) in [4.78, 5) is 25.8. The average molecular weight is 384 g/mol. The van der Waals surface area contributed by atoms with E-state index in [1.807, 2.05) is 91.0 Å². The molecule has 0 aliphatic carbocycles. The highest BCUT2D eigenvalue weighted by atomic mass is 16.2. The van der Waals surface area contributed by atoms with Crippen LogP contribution >= 0.6 is 0 Å². The van der Waals surface area contributed by atoms with Gasteiger partial charge in [-0.1, -0.05) is 97.1 Å². The SMILES string of the molecule is C=CC[C@@H](NC(=O)C(c1ccccc1)(c1ccccc1)c1ccccc1)C(N)=O. The van der Waals surface area contributed by atoms with E-state index in [-0.39, 0.29) is 12.3 Å². The van der Waals surface area contributed by atoms with Crippen molar-refractivity contribution in [2.75, 3.05) is 0 Å². The van der Waals surface area contributed by atoms with Gasteiger partial charge in [0.15, 0.2) is 0 Å². The van der Waals surface area contributed by atoms with E-state index in [0.29, 0.717) is 0 Å². The highest BCUT2D eigenvalue weighted by Crippen LogP contribution is 2.39. The molecule has 0 radical (unpaired) electrons. The summed E-state index contributed by atoms with van der Waals surface area (Å²) in [6.45, 7) is 3.67. The lowest BCUT2D eigenvalue weighted by Crippen LogP contribution is -2.53. The zero-order chi connectivity index (χ0) is 20.7. The third-order valence-electron chi connectivity index (χ3n) is 5.01. The van der Waals surface area contributed by atoms with E-state index in [1.54, 1.807) is 6.08 Å². The molecule has 3 rings (SSSR count). The molecular weight excluding hydrogens is 360 g/mol. The molecule has 0 heterocycles. The summed E-state index contributed by atoms with van der Waals surface area (Å²) in [6.07, 6.45) is 1.83. The van der Waals surface area contributed by atoms with Crippen LogP contribution in [0.3, 0.4) is 0 Å². The highest BCUT2D eigenvalue weighted by Gasteiger charge is 2.44. The Morgan fingerprint density at radius 3 is 1.52 bits per heavy atom. The second kappa shape index (κ2) is 9.02. The minimum Gasteiger partial charge on any atom is -0.368 e. The highest BCUT2D eigenvalue weighted by molar-refractivity contribution is 5.98. The number of benzene rings is 3. The third kappa shape index (κ3) is 3.97. The summed E-state index contributed by atoms with van der Waals surface area (Å²) < 4.78 is 0. The Kier molecular flexibility index (Phi) is 6.25. The summed E-state index contributed by atoms with van der Waals surface area (Å²) >= 11 is 0. The molecule has 0 unspecified atom stereocenters. The van der Waals surface area contributed by atoms with E-state index < -0.39 is 17.4 Å². The minimum absolute atomic E-state index is 0.259. The molecular formula is C25H24N2O2. The van der Waals surface area contributed by atoms with Gasteiger partial charge in [-0.25, -0.2) is 0 Å². The summed E-state index contributed by atoms with van der Waals surface area (Å²) in [5, 5.41) is 2.87. The Morgan fingerprint density at radius 2 is 1.21 bits per heavy atom. The van der Waals surface area contributed by atoms with Crippen molar-refractivity contribution < 1.29 is 9.59 Å². The predicted octanol–water partition coefficient (Wildman–Crippen LogP) is 3.57. The molecule has 2 amide bonds. The summed E-state index contributed by atoms with van der Waals surface area (Å²) in [5.74, 6) is -0.909. The van der Waals surface area contributed by atoms with Gasteiger partial charge in [0.2, 0.25) is 11.8 Å². The lowest BCUT2D eigenvalue weighted by Gasteiger charge is -2.35. The Balaban J connectivity index is 2.26. The number of hydrogen-bond donors (Lipinski definition) is 2. The maximum Gasteiger partial charge on any atom is 0.240 e. The van der Waals surface area contributed by atoms with Crippen LogP contribution in [0.1, 0.15) is 23.1 Å². The molecule has 0 aromatic heterocycles. The molecule has 146 valence electrons. The molecule has 0 aliphatic heterocycles. The summed E-state index contributed by atoms with van der Waals surface area (Å²) in [5.41, 5.74) is 6.80. The van der Waals surface area contributed by atoms with Crippen LogP contribution in [0.2, 0.25) is 0 Å². The van der Waals surface area contributed by atoms with Gasteiger partial charge < -0.3 is 11.1 Å². The molecule has 29 heavy (non-hydrogen) atoms. The number of carbonyl (C=O) groups excluding carboxylic acids is 2. The van der Waals surface area contributed by atoms with Crippen molar-refractivity contribution in [2.45, 2.75) is 17.9 Å². The molecule has 0 saturated carbocycles. The molecule has 3 aromatic carbocycles. The first kappa shape index (κ1) is 20.1. The van der Waals surface area contributed by atoms with Gasteiger partial charge in [-0.05, 0) is 23.1 Å². The summed E-state index contributed by atoms with van der Waals surface area (Å²) in [6, 6.07) is 27.8. The fourth-order valence-electron chi connectivity index (χ4n) is 3.64. The predicted molar refractivity (Wildman–Crippen MR) is 115 cm³/mol. The van der Waals surface area contributed by atoms with Gasteiger partial charge in [0.05, 0.1) is 0 Å². The standard InChI is InChI=1S/C25H24N2O2/c1-2-12-22(23(26)28)27-24(29)25(19-13-6-3-7-14-19,20-15-8-4-9-16-20)21-17-10-5-11-18-21/h2-11,13-18,22H,1,12H2,(H2,26,28)(H,27,29)/t22-/m1/s1. The number of nitrogens with one attached hydrogen (secondary N) is 1. The van der Waals surface area contributed by atoms with E-state index in [1.165, 1.54) is 0 Å². The monoisotopic (exact) mass is 384 g/mol. The van der Waals surface area contributed by atoms with Crippen LogP contribution in [0.4, 0.5) is 0 Å². The molecule has 0 bridgehead atoms. The van der Waals surface area contributed by atoms with E-state index in [0.717, 1.165) is 16.7 Å². The van der Waals surface area contributed by atoms with Crippen LogP contribution in [-0.4, -0.2) is 17.9 Å². The van der Waals surface area contributed by atoms with E-state index in [9.17, 15) is 9.59 Å². The number of primary amides is 1. The minimum atomic E-state index is -1.14. The van der Waals surface area contributed by atoms with Crippen LogP contribution in [0.5, 0.6) is 0 Å². The quantitative estimate of drug-likeness (QED) is 0.460. The number of carbonyl (C=O) groups is 2. The van der Waals surface area contributed by atoms with Gasteiger partial charge in [0.1, 0.15) is 11.5 Å². The van der Waals surface area contributed by atoms with E-state index >= 15 is 0 Å². The first-order valence-corrected chi connectivity index (χ1v) is 9.48. The van der Waals surface area contributed by atoms with E-state index in [2.05, 4.69) is 11.9 Å². The Bertz CT molecular complexity index is 873. The molecule has 4 heteroatoms. The number of amides is 2. The third-order valence-corrected chi connectivity index (χ3v) is 5.01. The fraction of sp³-hybridized carbons (Fsp3) is 0.120. The lowest BCUT2D eigenvalue weighted by atomic mass is 9.68. The molecule has 1 atom stereocenters. The maximum atomic E-state index is 13.9. The largest absolute Gasteiger partial charge is 0.368 e. The molecule has 0 aliphatic rings. The zero-order valence-electron chi connectivity index (χ0n) is 16.1. The van der Waals surface area contributed by atoms with Gasteiger partial charge in [-0.3, -0.25) is 9.59 Å². The second-order valence-corrected chi connectivity index (χ2v) is 6.80. The smallest absolute Gasteiger partial charge is 0.240 e. The fourth-order valence-corrected chi connectivity index (χ4v) is 3.64. The number of hydrogen-bond acceptors (Lipinski definition) is 2. The maximum absolute atomic E-state index is 13.9.